The average Bonchev–Trinajstić information content (AvgIpc) is 2.12. The van der Waals surface area contributed by atoms with Crippen LogP contribution in [-0.4, -0.2) is 46.7 Å². The molecule has 110 valence electrons. The van der Waals surface area contributed by atoms with Gasteiger partial charge < -0.3 is 4.74 Å². The lowest BCUT2D eigenvalue weighted by Gasteiger charge is -2.09. The monoisotopic (exact) mass is 306 g/mol. The molecule has 0 aromatic rings. The molecule has 0 rings (SSSR count). The van der Waals surface area contributed by atoms with Crippen LogP contribution in [0.25, 0.3) is 0 Å². The van der Waals surface area contributed by atoms with Crippen LogP contribution in [0.15, 0.2) is 0 Å². The summed E-state index contributed by atoms with van der Waals surface area (Å²) in [5.74, 6) is 0. The molecule has 5 nitrogen and oxygen atoms in total. The maximum atomic E-state index is 11.7. The molecular formula is C6H8F6O5S. The van der Waals surface area contributed by atoms with Crippen LogP contribution in [-0.2, 0) is 23.8 Å². The molecular weight excluding hydrogens is 298 g/mol. The normalized spacial score (nSPS) is 13.9. The SMILES string of the molecule is O=S(=O)(OCCOCCOC(F)(F)F)C(F)(F)F. The fourth-order valence-electron chi connectivity index (χ4n) is 0.588. The first-order chi connectivity index (χ1) is 7.96. The molecule has 0 aliphatic carbocycles. The van der Waals surface area contributed by atoms with Gasteiger partial charge in [-0.05, 0) is 0 Å². The molecule has 0 heterocycles. The minimum absolute atomic E-state index is 0.574. The van der Waals surface area contributed by atoms with Crippen molar-refractivity contribution in [1.82, 2.24) is 0 Å². The molecule has 0 saturated carbocycles. The second-order valence-electron chi connectivity index (χ2n) is 2.63. The summed E-state index contributed by atoms with van der Waals surface area (Å²) in [6, 6.07) is 0. The third-order valence-corrected chi connectivity index (χ3v) is 2.29. The van der Waals surface area contributed by atoms with Gasteiger partial charge in [-0.25, -0.2) is 0 Å². The van der Waals surface area contributed by atoms with Crippen LogP contribution >= 0.6 is 0 Å². The zero-order chi connectivity index (χ0) is 14.4. The van der Waals surface area contributed by atoms with Gasteiger partial charge in [-0.2, -0.15) is 21.6 Å². The van der Waals surface area contributed by atoms with Crippen LogP contribution in [0.2, 0.25) is 0 Å². The minimum Gasteiger partial charge on any atom is -0.377 e. The highest BCUT2D eigenvalue weighted by Gasteiger charge is 2.47. The molecule has 0 spiro atoms. The Morgan fingerprint density at radius 1 is 0.833 bits per heavy atom. The van der Waals surface area contributed by atoms with Gasteiger partial charge in [-0.15, -0.1) is 13.2 Å². The van der Waals surface area contributed by atoms with E-state index in [1.165, 1.54) is 0 Å². The first-order valence-corrected chi connectivity index (χ1v) is 5.61. The van der Waals surface area contributed by atoms with Gasteiger partial charge >= 0.3 is 22.0 Å². The summed E-state index contributed by atoms with van der Waals surface area (Å²) < 4.78 is 101. The lowest BCUT2D eigenvalue weighted by atomic mass is 10.7. The van der Waals surface area contributed by atoms with Crippen LogP contribution in [0.1, 0.15) is 0 Å². The van der Waals surface area contributed by atoms with Crippen molar-refractivity contribution >= 4 is 10.1 Å². The van der Waals surface area contributed by atoms with Crippen LogP contribution in [0.3, 0.4) is 0 Å². The molecule has 0 aromatic carbocycles. The number of hydrogen-bond donors (Lipinski definition) is 0. The van der Waals surface area contributed by atoms with Crippen molar-refractivity contribution in [1.29, 1.82) is 0 Å². The van der Waals surface area contributed by atoms with Gasteiger partial charge in [0.05, 0.1) is 26.4 Å². The Labute approximate surface area is 97.7 Å². The van der Waals surface area contributed by atoms with E-state index >= 15 is 0 Å². The molecule has 0 amide bonds. The molecule has 0 aliphatic rings. The smallest absolute Gasteiger partial charge is 0.377 e. The third kappa shape index (κ3) is 7.68. The summed E-state index contributed by atoms with van der Waals surface area (Å²) in [5, 5.41) is 0. The Kier molecular flexibility index (Phi) is 6.33. The number of alkyl halides is 6. The van der Waals surface area contributed by atoms with Crippen molar-refractivity contribution in [3.63, 3.8) is 0 Å². The standard InChI is InChI=1S/C6H8F6O5S/c7-5(8,9)16-3-1-15-2-4-17-18(13,14)6(10,11)12/h1-4H2. The molecule has 0 N–H and O–H groups in total. The minimum atomic E-state index is -5.70. The van der Waals surface area contributed by atoms with Crippen LogP contribution in [0.5, 0.6) is 0 Å². The summed E-state index contributed by atoms with van der Waals surface area (Å²) in [5.41, 5.74) is -5.55. The van der Waals surface area contributed by atoms with E-state index in [2.05, 4.69) is 13.7 Å². The summed E-state index contributed by atoms with van der Waals surface area (Å²) in [7, 11) is -5.70. The van der Waals surface area contributed by atoms with E-state index in [1.54, 1.807) is 0 Å². The van der Waals surface area contributed by atoms with Gasteiger partial charge in [-0.1, -0.05) is 0 Å². The predicted molar refractivity (Wildman–Crippen MR) is 43.8 cm³/mol. The zero-order valence-corrected chi connectivity index (χ0v) is 9.36. The Hall–Kier alpha value is -0.590. The molecule has 0 aliphatic heterocycles. The van der Waals surface area contributed by atoms with Gasteiger partial charge in [0.2, 0.25) is 0 Å². The number of halogens is 6. The number of ether oxygens (including phenoxy) is 2. The molecule has 0 saturated heterocycles. The fraction of sp³-hybridized carbons (Fsp3) is 1.00. The number of rotatable bonds is 7. The Bertz CT molecular complexity index is 333. The van der Waals surface area contributed by atoms with Crippen molar-refractivity contribution in [2.45, 2.75) is 11.9 Å². The molecule has 0 radical (unpaired) electrons. The molecule has 0 bridgehead atoms. The second-order valence-corrected chi connectivity index (χ2v) is 4.24. The van der Waals surface area contributed by atoms with E-state index < -0.39 is 48.4 Å². The van der Waals surface area contributed by atoms with E-state index in [1.807, 2.05) is 0 Å². The van der Waals surface area contributed by atoms with Crippen LogP contribution in [0, 0.1) is 0 Å². The Morgan fingerprint density at radius 2 is 1.33 bits per heavy atom. The van der Waals surface area contributed by atoms with Gasteiger partial charge in [0, 0.05) is 0 Å². The largest absolute Gasteiger partial charge is 0.523 e. The topological polar surface area (TPSA) is 61.8 Å². The first-order valence-electron chi connectivity index (χ1n) is 4.20. The second kappa shape index (κ2) is 6.54. The van der Waals surface area contributed by atoms with E-state index in [9.17, 15) is 34.8 Å². The van der Waals surface area contributed by atoms with E-state index in [0.29, 0.717) is 0 Å². The van der Waals surface area contributed by atoms with Crippen molar-refractivity contribution in [3.8, 4) is 0 Å². The van der Waals surface area contributed by atoms with Crippen molar-refractivity contribution < 1.29 is 48.4 Å². The zero-order valence-electron chi connectivity index (χ0n) is 8.55. The summed E-state index contributed by atoms with van der Waals surface area (Å²) >= 11 is 0. The molecule has 0 atom stereocenters. The van der Waals surface area contributed by atoms with Gasteiger partial charge in [0.1, 0.15) is 0 Å². The summed E-state index contributed by atoms with van der Waals surface area (Å²) in [6.45, 7) is -3.03. The van der Waals surface area contributed by atoms with Crippen LogP contribution in [0.4, 0.5) is 26.3 Å². The highest BCUT2D eigenvalue weighted by molar-refractivity contribution is 7.87. The van der Waals surface area contributed by atoms with E-state index in [0.717, 1.165) is 0 Å². The number of hydrogen-bond acceptors (Lipinski definition) is 5. The highest BCUT2D eigenvalue weighted by atomic mass is 32.2. The average molecular weight is 306 g/mol. The van der Waals surface area contributed by atoms with E-state index in [-0.39, 0.29) is 0 Å². The van der Waals surface area contributed by atoms with Crippen molar-refractivity contribution in [2.75, 3.05) is 26.4 Å². The maximum absolute atomic E-state index is 11.7. The lowest BCUT2D eigenvalue weighted by Crippen LogP contribution is -2.27. The predicted octanol–water partition coefficient (Wildman–Crippen LogP) is 1.41. The molecule has 0 unspecified atom stereocenters. The molecule has 18 heavy (non-hydrogen) atoms. The van der Waals surface area contributed by atoms with Crippen molar-refractivity contribution in [2.24, 2.45) is 0 Å². The van der Waals surface area contributed by atoms with Gasteiger partial charge in [0.15, 0.2) is 0 Å². The molecule has 0 fully saturated rings. The fourth-order valence-corrected chi connectivity index (χ4v) is 1.01. The molecule has 12 heteroatoms. The Morgan fingerprint density at radius 3 is 1.78 bits per heavy atom. The summed E-state index contributed by atoms with van der Waals surface area (Å²) in [4.78, 5) is 0. The van der Waals surface area contributed by atoms with Gasteiger partial charge in [-0.3, -0.25) is 8.92 Å². The van der Waals surface area contributed by atoms with Crippen molar-refractivity contribution in [3.05, 3.63) is 0 Å². The highest BCUT2D eigenvalue weighted by Crippen LogP contribution is 2.24. The lowest BCUT2D eigenvalue weighted by molar-refractivity contribution is -0.327. The first kappa shape index (κ1) is 17.4. The third-order valence-electron chi connectivity index (χ3n) is 1.24. The quantitative estimate of drug-likeness (QED) is 0.308. The Balaban J connectivity index is 3.65. The van der Waals surface area contributed by atoms with Crippen LogP contribution < -0.4 is 0 Å². The maximum Gasteiger partial charge on any atom is 0.523 e. The van der Waals surface area contributed by atoms with Gasteiger partial charge in [0.25, 0.3) is 0 Å². The summed E-state index contributed by atoms with van der Waals surface area (Å²) in [6.07, 6.45) is -4.83. The molecule has 0 aromatic heterocycles. The van der Waals surface area contributed by atoms with E-state index in [4.69, 9.17) is 0 Å².